The highest BCUT2D eigenvalue weighted by molar-refractivity contribution is 6.32. The number of ether oxygens (including phenoxy) is 3. The van der Waals surface area contributed by atoms with E-state index >= 15 is 0 Å². The number of hydrogen-bond donors (Lipinski definition) is 0. The number of methoxy groups -OCH3 is 2. The molecule has 138 valence electrons. The lowest BCUT2D eigenvalue weighted by Crippen LogP contribution is -2.35. The van der Waals surface area contributed by atoms with E-state index in [2.05, 4.69) is 0 Å². The molecule has 0 unspecified atom stereocenters. The molecule has 0 atom stereocenters. The second-order valence-corrected chi connectivity index (χ2v) is 6.35. The molecule has 7 heteroatoms. The lowest BCUT2D eigenvalue weighted by atomic mass is 10.1. The van der Waals surface area contributed by atoms with Crippen LogP contribution < -0.4 is 9.47 Å². The molecule has 1 aliphatic rings. The molecule has 1 amide bonds. The van der Waals surface area contributed by atoms with Crippen molar-refractivity contribution in [2.24, 2.45) is 5.92 Å². The molecule has 0 heterocycles. The van der Waals surface area contributed by atoms with Crippen LogP contribution in [0.1, 0.15) is 36.5 Å². The molecule has 0 radical (unpaired) electrons. The Hall–Kier alpha value is -1.95. The standard InChI is InChI=1S/C18H24ClNO5/c1-4-25-16(21)7-8-20(11-12-5-6-12)18(22)13-9-14(19)17(24-3)15(10-13)23-2/h9-10,12H,4-8,11H2,1-3H3. The van der Waals surface area contributed by atoms with Crippen LogP contribution in [0.5, 0.6) is 11.5 Å². The van der Waals surface area contributed by atoms with E-state index in [1.54, 1.807) is 24.0 Å². The van der Waals surface area contributed by atoms with Crippen LogP contribution in [-0.2, 0) is 9.53 Å². The maximum absolute atomic E-state index is 12.9. The van der Waals surface area contributed by atoms with E-state index in [4.69, 9.17) is 25.8 Å². The highest BCUT2D eigenvalue weighted by Crippen LogP contribution is 2.37. The summed E-state index contributed by atoms with van der Waals surface area (Å²) >= 11 is 6.20. The van der Waals surface area contributed by atoms with Crippen molar-refractivity contribution in [1.82, 2.24) is 4.90 Å². The van der Waals surface area contributed by atoms with Crippen molar-refractivity contribution in [3.8, 4) is 11.5 Å². The van der Waals surface area contributed by atoms with Crippen molar-refractivity contribution < 1.29 is 23.8 Å². The second kappa shape index (κ2) is 8.94. The number of esters is 1. The molecule has 0 spiro atoms. The monoisotopic (exact) mass is 369 g/mol. The van der Waals surface area contributed by atoms with Crippen LogP contribution in [0.4, 0.5) is 0 Å². The van der Waals surface area contributed by atoms with Gasteiger partial charge in [-0.1, -0.05) is 11.6 Å². The summed E-state index contributed by atoms with van der Waals surface area (Å²) in [6, 6.07) is 3.17. The van der Waals surface area contributed by atoms with E-state index in [1.807, 2.05) is 0 Å². The fourth-order valence-corrected chi connectivity index (χ4v) is 2.86. The minimum atomic E-state index is -0.304. The predicted octanol–water partition coefficient (Wildman–Crippen LogP) is 3.16. The Balaban J connectivity index is 2.17. The largest absolute Gasteiger partial charge is 0.493 e. The number of hydrogen-bond acceptors (Lipinski definition) is 5. The second-order valence-electron chi connectivity index (χ2n) is 5.94. The molecule has 0 saturated heterocycles. The van der Waals surface area contributed by atoms with Crippen LogP contribution in [0, 0.1) is 5.92 Å². The summed E-state index contributed by atoms with van der Waals surface area (Å²) in [5.41, 5.74) is 0.409. The van der Waals surface area contributed by atoms with Gasteiger partial charge < -0.3 is 19.1 Å². The van der Waals surface area contributed by atoms with E-state index in [1.165, 1.54) is 14.2 Å². The van der Waals surface area contributed by atoms with Crippen LogP contribution in [0.3, 0.4) is 0 Å². The van der Waals surface area contributed by atoms with E-state index < -0.39 is 0 Å². The summed E-state index contributed by atoms with van der Waals surface area (Å²) in [5, 5.41) is 0.307. The minimum absolute atomic E-state index is 0.174. The summed E-state index contributed by atoms with van der Waals surface area (Å²) in [4.78, 5) is 26.2. The average Bonchev–Trinajstić information content (AvgIpc) is 3.41. The van der Waals surface area contributed by atoms with Crippen LogP contribution in [0.2, 0.25) is 5.02 Å². The van der Waals surface area contributed by atoms with Gasteiger partial charge in [0.25, 0.3) is 5.91 Å². The van der Waals surface area contributed by atoms with Crippen molar-refractivity contribution >= 4 is 23.5 Å². The Morgan fingerprint density at radius 1 is 1.24 bits per heavy atom. The normalized spacial score (nSPS) is 13.3. The molecule has 1 fully saturated rings. The van der Waals surface area contributed by atoms with Gasteiger partial charge in [-0.2, -0.15) is 0 Å². The molecule has 2 rings (SSSR count). The summed E-state index contributed by atoms with van der Waals surface area (Å²) in [7, 11) is 2.98. The lowest BCUT2D eigenvalue weighted by Gasteiger charge is -2.23. The quantitative estimate of drug-likeness (QED) is 0.625. The van der Waals surface area contributed by atoms with Crippen molar-refractivity contribution in [2.45, 2.75) is 26.2 Å². The third kappa shape index (κ3) is 5.26. The third-order valence-electron chi connectivity index (χ3n) is 4.03. The first-order valence-corrected chi connectivity index (χ1v) is 8.74. The van der Waals surface area contributed by atoms with Gasteiger partial charge in [-0.3, -0.25) is 9.59 Å². The van der Waals surface area contributed by atoms with Gasteiger partial charge in [0.1, 0.15) is 0 Å². The number of amides is 1. The van der Waals surface area contributed by atoms with Crippen LogP contribution >= 0.6 is 11.6 Å². The number of benzene rings is 1. The molecular weight excluding hydrogens is 346 g/mol. The molecule has 0 N–H and O–H groups in total. The SMILES string of the molecule is CCOC(=O)CCN(CC1CC1)C(=O)c1cc(Cl)c(OC)c(OC)c1. The smallest absolute Gasteiger partial charge is 0.307 e. The molecule has 0 bridgehead atoms. The van der Waals surface area contributed by atoms with Gasteiger partial charge in [-0.05, 0) is 37.8 Å². The number of nitrogens with zero attached hydrogens (tertiary/aromatic N) is 1. The number of rotatable bonds is 9. The Bertz CT molecular complexity index is 630. The van der Waals surface area contributed by atoms with Crippen LogP contribution in [0.25, 0.3) is 0 Å². The van der Waals surface area contributed by atoms with E-state index in [0.29, 0.717) is 47.7 Å². The zero-order valence-electron chi connectivity index (χ0n) is 14.8. The van der Waals surface area contributed by atoms with Gasteiger partial charge in [0, 0.05) is 18.7 Å². The maximum Gasteiger partial charge on any atom is 0.307 e. The Kier molecular flexibility index (Phi) is 6.93. The first kappa shape index (κ1) is 19.4. The van der Waals surface area contributed by atoms with Crippen molar-refractivity contribution in [1.29, 1.82) is 0 Å². The third-order valence-corrected chi connectivity index (χ3v) is 4.32. The Morgan fingerprint density at radius 2 is 1.96 bits per heavy atom. The molecule has 6 nitrogen and oxygen atoms in total. The van der Waals surface area contributed by atoms with Gasteiger partial charge in [0.2, 0.25) is 0 Å². The minimum Gasteiger partial charge on any atom is -0.493 e. The van der Waals surface area contributed by atoms with Crippen molar-refractivity contribution in [3.05, 3.63) is 22.7 Å². The first-order chi connectivity index (χ1) is 12.0. The lowest BCUT2D eigenvalue weighted by molar-refractivity contribution is -0.143. The van der Waals surface area contributed by atoms with Gasteiger partial charge in [0.15, 0.2) is 11.5 Å². The number of carbonyl (C=O) groups excluding carboxylic acids is 2. The topological polar surface area (TPSA) is 65.1 Å². The fraction of sp³-hybridized carbons (Fsp3) is 0.556. The average molecular weight is 370 g/mol. The highest BCUT2D eigenvalue weighted by Gasteiger charge is 2.28. The Morgan fingerprint density at radius 3 is 2.52 bits per heavy atom. The summed E-state index contributed by atoms with van der Waals surface area (Å²) < 4.78 is 15.4. The Labute approximate surface area is 153 Å². The number of carbonyl (C=O) groups is 2. The van der Waals surface area contributed by atoms with Crippen molar-refractivity contribution in [2.75, 3.05) is 33.9 Å². The van der Waals surface area contributed by atoms with E-state index in [9.17, 15) is 9.59 Å². The summed E-state index contributed by atoms with van der Waals surface area (Å²) in [6.07, 6.45) is 2.39. The van der Waals surface area contributed by atoms with Gasteiger partial charge in [0.05, 0.1) is 32.3 Å². The highest BCUT2D eigenvalue weighted by atomic mass is 35.5. The maximum atomic E-state index is 12.9. The molecule has 1 aliphatic carbocycles. The van der Waals surface area contributed by atoms with Crippen LogP contribution in [0.15, 0.2) is 12.1 Å². The molecule has 0 aromatic heterocycles. The van der Waals surface area contributed by atoms with E-state index in [-0.39, 0.29) is 18.3 Å². The zero-order chi connectivity index (χ0) is 18.4. The molecular formula is C18H24ClNO5. The molecule has 0 aliphatic heterocycles. The number of halogens is 1. The summed E-state index contributed by atoms with van der Waals surface area (Å²) in [5.74, 6) is 0.804. The predicted molar refractivity (Wildman–Crippen MR) is 94.4 cm³/mol. The molecule has 1 aromatic carbocycles. The summed E-state index contributed by atoms with van der Waals surface area (Å²) in [6.45, 7) is 3.04. The zero-order valence-corrected chi connectivity index (χ0v) is 15.6. The van der Waals surface area contributed by atoms with Gasteiger partial charge in [-0.25, -0.2) is 0 Å². The first-order valence-electron chi connectivity index (χ1n) is 8.36. The van der Waals surface area contributed by atoms with Crippen molar-refractivity contribution in [3.63, 3.8) is 0 Å². The van der Waals surface area contributed by atoms with Gasteiger partial charge >= 0.3 is 5.97 Å². The van der Waals surface area contributed by atoms with Gasteiger partial charge in [-0.15, -0.1) is 0 Å². The molecule has 25 heavy (non-hydrogen) atoms. The van der Waals surface area contributed by atoms with E-state index in [0.717, 1.165) is 12.8 Å². The molecule has 1 aromatic rings. The molecule has 1 saturated carbocycles. The fourth-order valence-electron chi connectivity index (χ4n) is 2.57. The van der Waals surface area contributed by atoms with Crippen LogP contribution in [-0.4, -0.2) is 50.7 Å².